The average Bonchev–Trinajstić information content (AvgIpc) is 3.43. The number of nitrogens with one attached hydrogen (secondary N) is 1. The van der Waals surface area contributed by atoms with Crippen molar-refractivity contribution in [3.8, 4) is 0 Å². The molecule has 2 saturated heterocycles. The van der Waals surface area contributed by atoms with E-state index >= 15 is 0 Å². The van der Waals surface area contributed by atoms with Gasteiger partial charge in [-0.1, -0.05) is 12.1 Å². The normalized spacial score (nSPS) is 17.5. The molecule has 0 saturated carbocycles. The number of nitrogens with zero attached hydrogens (tertiary/aromatic N) is 3. The summed E-state index contributed by atoms with van der Waals surface area (Å²) in [6.07, 6.45) is 1.16. The molecule has 0 aliphatic carbocycles. The van der Waals surface area contributed by atoms with Gasteiger partial charge < -0.3 is 15.1 Å². The maximum absolute atomic E-state index is 13.5. The minimum atomic E-state index is -0.909. The molecular formula is C28H24F2N4O3S. The summed E-state index contributed by atoms with van der Waals surface area (Å²) in [5.41, 5.74) is 2.44. The quantitative estimate of drug-likeness (QED) is 0.448. The van der Waals surface area contributed by atoms with E-state index in [-0.39, 0.29) is 24.0 Å². The van der Waals surface area contributed by atoms with E-state index in [1.54, 1.807) is 9.80 Å². The number of anilines is 3. The summed E-state index contributed by atoms with van der Waals surface area (Å²) in [5, 5.41) is 2.88. The molecule has 38 heavy (non-hydrogen) atoms. The first-order chi connectivity index (χ1) is 18.3. The van der Waals surface area contributed by atoms with Crippen molar-refractivity contribution in [2.75, 3.05) is 21.7 Å². The minimum absolute atomic E-state index is 0.0891. The van der Waals surface area contributed by atoms with Gasteiger partial charge in [-0.25, -0.2) is 8.78 Å². The molecule has 0 bridgehead atoms. The standard InChI is InChI=1S/C28H24F2N4O3S/c29-19-5-9-21(10-6-19)31-25(35)16-24-27(37)34(23-13-7-20(30)8-14-23)28(38)33(24)17-18-3-11-22(12-4-18)32-15-1-2-26(32)36/h3-14,24H,1-2,15-17H2,(H,31,35)/t24-/m0/s1. The van der Waals surface area contributed by atoms with Crippen molar-refractivity contribution in [3.63, 3.8) is 0 Å². The maximum Gasteiger partial charge on any atom is 0.256 e. The molecule has 0 radical (unpaired) electrons. The van der Waals surface area contributed by atoms with E-state index in [9.17, 15) is 23.2 Å². The van der Waals surface area contributed by atoms with Crippen LogP contribution in [0.5, 0.6) is 0 Å². The van der Waals surface area contributed by atoms with Crippen molar-refractivity contribution < 1.29 is 23.2 Å². The first-order valence-corrected chi connectivity index (χ1v) is 12.6. The third kappa shape index (κ3) is 5.26. The van der Waals surface area contributed by atoms with Crippen molar-refractivity contribution in [1.29, 1.82) is 0 Å². The topological polar surface area (TPSA) is 73.0 Å². The second kappa shape index (κ2) is 10.7. The van der Waals surface area contributed by atoms with Gasteiger partial charge in [-0.05, 0) is 84.9 Å². The summed E-state index contributed by atoms with van der Waals surface area (Å²) in [4.78, 5) is 43.2. The van der Waals surface area contributed by atoms with Gasteiger partial charge in [0.1, 0.15) is 17.7 Å². The highest BCUT2D eigenvalue weighted by Gasteiger charge is 2.44. The smallest absolute Gasteiger partial charge is 0.256 e. The van der Waals surface area contributed by atoms with Crippen molar-refractivity contribution in [3.05, 3.63) is 90.0 Å². The van der Waals surface area contributed by atoms with Crippen LogP contribution in [0.2, 0.25) is 0 Å². The van der Waals surface area contributed by atoms with Gasteiger partial charge in [0.2, 0.25) is 11.8 Å². The second-order valence-corrected chi connectivity index (χ2v) is 9.52. The van der Waals surface area contributed by atoms with E-state index in [1.807, 2.05) is 24.3 Å². The molecule has 2 aliphatic heterocycles. The summed E-state index contributed by atoms with van der Waals surface area (Å²) in [5.74, 6) is -1.64. The molecule has 0 unspecified atom stereocenters. The van der Waals surface area contributed by atoms with Gasteiger partial charge in [0.25, 0.3) is 5.91 Å². The predicted octanol–water partition coefficient (Wildman–Crippen LogP) is 4.62. The van der Waals surface area contributed by atoms with Crippen LogP contribution in [0.25, 0.3) is 0 Å². The van der Waals surface area contributed by atoms with Gasteiger partial charge in [-0.2, -0.15) is 0 Å². The Bertz CT molecular complexity index is 1380. The Morgan fingerprint density at radius 3 is 2.11 bits per heavy atom. The lowest BCUT2D eigenvalue weighted by Crippen LogP contribution is -2.37. The molecule has 3 amide bonds. The van der Waals surface area contributed by atoms with Crippen molar-refractivity contribution in [2.45, 2.75) is 31.8 Å². The van der Waals surface area contributed by atoms with Crippen LogP contribution in [-0.2, 0) is 20.9 Å². The van der Waals surface area contributed by atoms with Gasteiger partial charge in [-0.3, -0.25) is 19.3 Å². The lowest BCUT2D eigenvalue weighted by Gasteiger charge is -2.24. The molecule has 3 aromatic carbocycles. The first-order valence-electron chi connectivity index (χ1n) is 12.1. The van der Waals surface area contributed by atoms with Gasteiger partial charge in [-0.15, -0.1) is 0 Å². The highest BCUT2D eigenvalue weighted by Crippen LogP contribution is 2.30. The van der Waals surface area contributed by atoms with Crippen molar-refractivity contribution in [2.24, 2.45) is 0 Å². The largest absolute Gasteiger partial charge is 0.332 e. The minimum Gasteiger partial charge on any atom is -0.332 e. The summed E-state index contributed by atoms with van der Waals surface area (Å²) in [6.45, 7) is 0.922. The van der Waals surface area contributed by atoms with Crippen molar-refractivity contribution >= 4 is 52.1 Å². The van der Waals surface area contributed by atoms with E-state index in [2.05, 4.69) is 5.32 Å². The molecule has 0 aromatic heterocycles. The Hall–Kier alpha value is -4.18. The van der Waals surface area contributed by atoms with E-state index in [0.717, 1.165) is 17.7 Å². The van der Waals surface area contributed by atoms with Gasteiger partial charge in [0.05, 0.1) is 12.1 Å². The molecule has 3 aromatic rings. The molecule has 10 heteroatoms. The van der Waals surface area contributed by atoms with E-state index in [4.69, 9.17) is 12.2 Å². The summed E-state index contributed by atoms with van der Waals surface area (Å²) in [7, 11) is 0. The Morgan fingerprint density at radius 2 is 1.50 bits per heavy atom. The molecule has 1 N–H and O–H groups in total. The zero-order valence-corrected chi connectivity index (χ0v) is 21.1. The number of thiocarbonyl (C=S) groups is 1. The molecule has 0 spiro atoms. The zero-order chi connectivity index (χ0) is 26.8. The van der Waals surface area contributed by atoms with Gasteiger partial charge in [0.15, 0.2) is 5.11 Å². The molecular weight excluding hydrogens is 510 g/mol. The fraction of sp³-hybridized carbons (Fsp3) is 0.214. The summed E-state index contributed by atoms with van der Waals surface area (Å²) in [6, 6.07) is 17.3. The number of hydrogen-bond acceptors (Lipinski definition) is 4. The Kier molecular flexibility index (Phi) is 7.15. The Morgan fingerprint density at radius 1 is 0.895 bits per heavy atom. The number of benzene rings is 3. The number of amides is 3. The Labute approximate surface area is 223 Å². The number of carbonyl (C=O) groups excluding carboxylic acids is 3. The molecule has 2 fully saturated rings. The highest BCUT2D eigenvalue weighted by molar-refractivity contribution is 7.80. The molecule has 1 atom stereocenters. The van der Waals surface area contributed by atoms with Crippen molar-refractivity contribution in [1.82, 2.24) is 4.90 Å². The van der Waals surface area contributed by atoms with Crippen LogP contribution in [0.3, 0.4) is 0 Å². The van der Waals surface area contributed by atoms with E-state index < -0.39 is 29.5 Å². The van der Waals surface area contributed by atoms with E-state index in [0.29, 0.717) is 24.3 Å². The maximum atomic E-state index is 13.5. The fourth-order valence-electron chi connectivity index (χ4n) is 4.66. The summed E-state index contributed by atoms with van der Waals surface area (Å²) < 4.78 is 26.8. The van der Waals surface area contributed by atoms with E-state index in [1.165, 1.54) is 53.4 Å². The van der Waals surface area contributed by atoms with Gasteiger partial charge >= 0.3 is 0 Å². The molecule has 194 valence electrons. The highest BCUT2D eigenvalue weighted by atomic mass is 32.1. The number of carbonyl (C=O) groups is 3. The first kappa shape index (κ1) is 25.5. The molecule has 2 aliphatic rings. The number of rotatable bonds is 7. The third-order valence-electron chi connectivity index (χ3n) is 6.58. The summed E-state index contributed by atoms with van der Waals surface area (Å²) >= 11 is 5.67. The van der Waals surface area contributed by atoms with Crippen LogP contribution in [0.15, 0.2) is 72.8 Å². The van der Waals surface area contributed by atoms with Crippen LogP contribution in [-0.4, -0.2) is 40.3 Å². The fourth-order valence-corrected chi connectivity index (χ4v) is 5.05. The monoisotopic (exact) mass is 534 g/mol. The molecule has 2 heterocycles. The van der Waals surface area contributed by atoms with Crippen LogP contribution >= 0.6 is 12.2 Å². The lowest BCUT2D eigenvalue weighted by molar-refractivity contribution is -0.124. The average molecular weight is 535 g/mol. The number of halogens is 2. The van der Waals surface area contributed by atoms with Crippen LogP contribution in [0.1, 0.15) is 24.8 Å². The predicted molar refractivity (Wildman–Crippen MR) is 143 cm³/mol. The second-order valence-electron chi connectivity index (χ2n) is 9.15. The zero-order valence-electron chi connectivity index (χ0n) is 20.3. The van der Waals surface area contributed by atoms with Crippen LogP contribution < -0.4 is 15.1 Å². The lowest BCUT2D eigenvalue weighted by atomic mass is 10.1. The Balaban J connectivity index is 1.38. The number of hydrogen-bond donors (Lipinski definition) is 1. The SMILES string of the molecule is O=C(C[C@H]1C(=O)N(c2ccc(F)cc2)C(=S)N1Cc1ccc(N2CCCC2=O)cc1)Nc1ccc(F)cc1. The van der Waals surface area contributed by atoms with Crippen LogP contribution in [0.4, 0.5) is 25.8 Å². The van der Waals surface area contributed by atoms with Crippen LogP contribution in [0, 0.1) is 11.6 Å². The third-order valence-corrected chi connectivity index (χ3v) is 7.00. The van der Waals surface area contributed by atoms with Gasteiger partial charge in [0, 0.05) is 30.9 Å². The molecule has 7 nitrogen and oxygen atoms in total. The molecule has 5 rings (SSSR count).